The fourth-order valence-corrected chi connectivity index (χ4v) is 3.61. The Morgan fingerprint density at radius 3 is 3.00 bits per heavy atom. The molecule has 0 bridgehead atoms. The third kappa shape index (κ3) is 2.51. The summed E-state index contributed by atoms with van der Waals surface area (Å²) in [6.45, 7) is 6.68. The number of benzene rings is 1. The number of ether oxygens (including phenoxy) is 2. The standard InChI is InChI=1S/C17H25NO2/c1-3-4-5-9-18-10-13-12-20-16-8-6-7-15(19-2)17(16)14(13)11-18/h6-8,13-14H,3-5,9-12H2,1-2H3/t13-,14+/m0/s1. The molecular weight excluding hydrogens is 250 g/mol. The van der Waals surface area contributed by atoms with Crippen molar-refractivity contribution in [3.05, 3.63) is 23.8 Å². The number of nitrogens with zero attached hydrogens (tertiary/aromatic N) is 1. The first kappa shape index (κ1) is 13.7. The molecule has 0 unspecified atom stereocenters. The Balaban J connectivity index is 1.75. The van der Waals surface area contributed by atoms with Crippen LogP contribution in [0.15, 0.2) is 18.2 Å². The summed E-state index contributed by atoms with van der Waals surface area (Å²) in [6.07, 6.45) is 3.94. The zero-order chi connectivity index (χ0) is 13.9. The fraction of sp³-hybridized carbons (Fsp3) is 0.647. The van der Waals surface area contributed by atoms with E-state index in [-0.39, 0.29) is 0 Å². The van der Waals surface area contributed by atoms with Gasteiger partial charge in [0.15, 0.2) is 0 Å². The topological polar surface area (TPSA) is 21.7 Å². The van der Waals surface area contributed by atoms with E-state index in [0.717, 1.165) is 24.7 Å². The molecule has 0 amide bonds. The summed E-state index contributed by atoms with van der Waals surface area (Å²) >= 11 is 0. The van der Waals surface area contributed by atoms with Crippen LogP contribution in [0, 0.1) is 5.92 Å². The van der Waals surface area contributed by atoms with Crippen molar-refractivity contribution >= 4 is 0 Å². The Kier molecular flexibility index (Phi) is 4.16. The zero-order valence-corrected chi connectivity index (χ0v) is 12.6. The lowest BCUT2D eigenvalue weighted by atomic mass is 9.86. The quantitative estimate of drug-likeness (QED) is 0.770. The summed E-state index contributed by atoms with van der Waals surface area (Å²) in [5.74, 6) is 3.23. The second-order valence-corrected chi connectivity index (χ2v) is 6.02. The van der Waals surface area contributed by atoms with Crippen LogP contribution in [-0.2, 0) is 0 Å². The molecule has 2 aliphatic heterocycles. The average Bonchev–Trinajstić information content (AvgIpc) is 2.89. The van der Waals surface area contributed by atoms with Crippen LogP contribution in [-0.4, -0.2) is 38.3 Å². The number of likely N-dealkylation sites (tertiary alicyclic amines) is 1. The molecule has 0 aliphatic carbocycles. The van der Waals surface area contributed by atoms with Crippen molar-refractivity contribution in [2.75, 3.05) is 33.4 Å². The number of hydrogen-bond donors (Lipinski definition) is 0. The molecule has 0 radical (unpaired) electrons. The molecule has 1 aromatic rings. The first-order valence-electron chi connectivity index (χ1n) is 7.85. The number of methoxy groups -OCH3 is 1. The molecule has 110 valence electrons. The van der Waals surface area contributed by atoms with E-state index in [1.807, 2.05) is 6.07 Å². The summed E-state index contributed by atoms with van der Waals surface area (Å²) in [4.78, 5) is 2.61. The molecule has 1 fully saturated rings. The van der Waals surface area contributed by atoms with Gasteiger partial charge >= 0.3 is 0 Å². The largest absolute Gasteiger partial charge is 0.496 e. The minimum Gasteiger partial charge on any atom is -0.496 e. The highest BCUT2D eigenvalue weighted by molar-refractivity contribution is 5.49. The Labute approximate surface area is 121 Å². The molecule has 0 aromatic heterocycles. The van der Waals surface area contributed by atoms with E-state index in [1.165, 1.54) is 37.9 Å². The molecule has 1 saturated heterocycles. The maximum absolute atomic E-state index is 5.95. The average molecular weight is 275 g/mol. The third-order valence-corrected chi connectivity index (χ3v) is 4.66. The lowest BCUT2D eigenvalue weighted by molar-refractivity contribution is 0.209. The first-order chi connectivity index (χ1) is 9.83. The third-order valence-electron chi connectivity index (χ3n) is 4.66. The lowest BCUT2D eigenvalue weighted by Gasteiger charge is -2.29. The highest BCUT2D eigenvalue weighted by Crippen LogP contribution is 2.45. The van der Waals surface area contributed by atoms with E-state index in [2.05, 4.69) is 24.0 Å². The van der Waals surface area contributed by atoms with Gasteiger partial charge in [-0.05, 0) is 25.1 Å². The highest BCUT2D eigenvalue weighted by atomic mass is 16.5. The Morgan fingerprint density at radius 2 is 2.20 bits per heavy atom. The fourth-order valence-electron chi connectivity index (χ4n) is 3.61. The van der Waals surface area contributed by atoms with E-state index in [9.17, 15) is 0 Å². The predicted octanol–water partition coefficient (Wildman–Crippen LogP) is 3.29. The molecule has 0 spiro atoms. The van der Waals surface area contributed by atoms with Gasteiger partial charge < -0.3 is 14.4 Å². The summed E-state index contributed by atoms with van der Waals surface area (Å²) in [5, 5.41) is 0. The van der Waals surface area contributed by atoms with Gasteiger partial charge in [0.25, 0.3) is 0 Å². The molecule has 3 nitrogen and oxygen atoms in total. The number of fused-ring (bicyclic) bond motifs is 3. The van der Waals surface area contributed by atoms with Gasteiger partial charge in [0.2, 0.25) is 0 Å². The monoisotopic (exact) mass is 275 g/mol. The normalized spacial score (nSPS) is 24.9. The van der Waals surface area contributed by atoms with Gasteiger partial charge in [0, 0.05) is 30.5 Å². The van der Waals surface area contributed by atoms with Gasteiger partial charge in [0.1, 0.15) is 11.5 Å². The molecule has 20 heavy (non-hydrogen) atoms. The number of rotatable bonds is 5. The smallest absolute Gasteiger partial charge is 0.126 e. The summed E-state index contributed by atoms with van der Waals surface area (Å²) < 4.78 is 11.5. The molecule has 0 saturated carbocycles. The van der Waals surface area contributed by atoms with E-state index < -0.39 is 0 Å². The number of unbranched alkanes of at least 4 members (excludes halogenated alkanes) is 2. The van der Waals surface area contributed by atoms with Crippen molar-refractivity contribution in [2.24, 2.45) is 5.92 Å². The SMILES string of the molecule is CCCCCN1C[C@H]2COc3cccc(OC)c3[C@@H]2C1. The van der Waals surface area contributed by atoms with Gasteiger partial charge in [-0.25, -0.2) is 0 Å². The maximum Gasteiger partial charge on any atom is 0.126 e. The lowest BCUT2D eigenvalue weighted by Crippen LogP contribution is -2.25. The van der Waals surface area contributed by atoms with Crippen LogP contribution in [0.3, 0.4) is 0 Å². The van der Waals surface area contributed by atoms with Crippen LogP contribution < -0.4 is 9.47 Å². The predicted molar refractivity (Wildman–Crippen MR) is 80.7 cm³/mol. The van der Waals surface area contributed by atoms with Crippen molar-refractivity contribution in [3.63, 3.8) is 0 Å². The molecule has 1 aromatic carbocycles. The van der Waals surface area contributed by atoms with Crippen LogP contribution in [0.1, 0.15) is 37.7 Å². The van der Waals surface area contributed by atoms with Gasteiger partial charge in [0.05, 0.1) is 13.7 Å². The molecule has 3 rings (SSSR count). The Hall–Kier alpha value is -1.22. The molecule has 2 aliphatic rings. The van der Waals surface area contributed by atoms with E-state index in [1.54, 1.807) is 7.11 Å². The van der Waals surface area contributed by atoms with E-state index in [0.29, 0.717) is 11.8 Å². The van der Waals surface area contributed by atoms with Gasteiger partial charge in [-0.15, -0.1) is 0 Å². The van der Waals surface area contributed by atoms with Gasteiger partial charge in [-0.2, -0.15) is 0 Å². The first-order valence-corrected chi connectivity index (χ1v) is 7.85. The summed E-state index contributed by atoms with van der Waals surface area (Å²) in [7, 11) is 1.76. The number of hydrogen-bond acceptors (Lipinski definition) is 3. The second kappa shape index (κ2) is 6.04. The molecule has 2 atom stereocenters. The van der Waals surface area contributed by atoms with Gasteiger partial charge in [-0.3, -0.25) is 0 Å². The Bertz CT molecular complexity index is 446. The van der Waals surface area contributed by atoms with Crippen LogP contribution in [0.4, 0.5) is 0 Å². The van der Waals surface area contributed by atoms with Crippen molar-refractivity contribution < 1.29 is 9.47 Å². The second-order valence-electron chi connectivity index (χ2n) is 6.02. The minimum absolute atomic E-state index is 0.580. The van der Waals surface area contributed by atoms with Gasteiger partial charge in [-0.1, -0.05) is 25.8 Å². The molecular formula is C17H25NO2. The summed E-state index contributed by atoms with van der Waals surface area (Å²) in [6, 6.07) is 6.16. The Morgan fingerprint density at radius 1 is 1.30 bits per heavy atom. The van der Waals surface area contributed by atoms with Crippen LogP contribution >= 0.6 is 0 Å². The minimum atomic E-state index is 0.580. The maximum atomic E-state index is 5.95. The molecule has 2 heterocycles. The van der Waals surface area contributed by atoms with Crippen molar-refractivity contribution in [1.29, 1.82) is 0 Å². The van der Waals surface area contributed by atoms with Crippen molar-refractivity contribution in [1.82, 2.24) is 4.90 Å². The van der Waals surface area contributed by atoms with E-state index >= 15 is 0 Å². The van der Waals surface area contributed by atoms with E-state index in [4.69, 9.17) is 9.47 Å². The highest BCUT2D eigenvalue weighted by Gasteiger charge is 2.40. The van der Waals surface area contributed by atoms with Crippen LogP contribution in [0.2, 0.25) is 0 Å². The van der Waals surface area contributed by atoms with Crippen LogP contribution in [0.5, 0.6) is 11.5 Å². The zero-order valence-electron chi connectivity index (χ0n) is 12.6. The molecule has 0 N–H and O–H groups in total. The van der Waals surface area contributed by atoms with Crippen molar-refractivity contribution in [2.45, 2.75) is 32.1 Å². The molecule has 3 heteroatoms. The van der Waals surface area contributed by atoms with Crippen molar-refractivity contribution in [3.8, 4) is 11.5 Å². The van der Waals surface area contributed by atoms with Crippen LogP contribution in [0.25, 0.3) is 0 Å². The summed E-state index contributed by atoms with van der Waals surface area (Å²) in [5.41, 5.74) is 1.30.